The lowest BCUT2D eigenvalue weighted by Gasteiger charge is -2.10. The second-order valence-corrected chi connectivity index (χ2v) is 8.23. The number of hydrogen-bond donors (Lipinski definition) is 1. The maximum atomic E-state index is 12.8. The lowest BCUT2D eigenvalue weighted by atomic mass is 10.2. The van der Waals surface area contributed by atoms with Crippen LogP contribution in [0.1, 0.15) is 0 Å². The largest absolute Gasteiger partial charge is 0.325 e. The zero-order valence-electron chi connectivity index (χ0n) is 16.2. The molecule has 4 aromatic rings. The van der Waals surface area contributed by atoms with Gasteiger partial charge in [0.15, 0.2) is 5.16 Å². The Morgan fingerprint density at radius 2 is 2.03 bits per heavy atom. The molecule has 152 valence electrons. The number of para-hydroxylation sites is 1. The summed E-state index contributed by atoms with van der Waals surface area (Å²) in [5.41, 5.74) is 1.32. The van der Waals surface area contributed by atoms with Gasteiger partial charge >= 0.3 is 0 Å². The van der Waals surface area contributed by atoms with E-state index in [1.54, 1.807) is 23.9 Å². The minimum absolute atomic E-state index is 0.140. The summed E-state index contributed by atoms with van der Waals surface area (Å²) in [6.45, 7) is 4.05. The molecule has 1 N–H and O–H groups in total. The molecule has 2 aromatic heterocycles. The highest BCUT2D eigenvalue weighted by Crippen LogP contribution is 2.23. The number of nitrogens with one attached hydrogen (secondary N) is 1. The molecule has 0 atom stereocenters. The first-order chi connectivity index (χ1) is 14.6. The third kappa shape index (κ3) is 3.86. The molecule has 0 fully saturated rings. The van der Waals surface area contributed by atoms with Crippen LogP contribution >= 0.6 is 23.5 Å². The summed E-state index contributed by atoms with van der Waals surface area (Å²) >= 11 is 2.89. The van der Waals surface area contributed by atoms with Crippen LogP contribution in [0.25, 0.3) is 16.7 Å². The third-order valence-corrected chi connectivity index (χ3v) is 6.13. The molecule has 0 bridgehead atoms. The Bertz CT molecular complexity index is 1310. The fourth-order valence-electron chi connectivity index (χ4n) is 3.15. The molecule has 9 heteroatoms. The van der Waals surface area contributed by atoms with Crippen molar-refractivity contribution in [2.24, 2.45) is 0 Å². The van der Waals surface area contributed by atoms with Crippen LogP contribution in [0.4, 0.5) is 5.69 Å². The average Bonchev–Trinajstić information content (AvgIpc) is 3.19. The van der Waals surface area contributed by atoms with Crippen LogP contribution in [0.3, 0.4) is 0 Å². The smallest absolute Gasteiger partial charge is 0.263 e. The topological polar surface area (TPSA) is 81.3 Å². The van der Waals surface area contributed by atoms with Crippen molar-refractivity contribution in [2.75, 3.05) is 17.3 Å². The van der Waals surface area contributed by atoms with Crippen LogP contribution in [0.15, 0.2) is 76.0 Å². The van der Waals surface area contributed by atoms with E-state index in [-0.39, 0.29) is 17.2 Å². The molecule has 0 aliphatic carbocycles. The number of amides is 1. The van der Waals surface area contributed by atoms with E-state index in [4.69, 9.17) is 0 Å². The molecular weight excluding hydrogens is 418 g/mol. The van der Waals surface area contributed by atoms with E-state index in [0.717, 1.165) is 10.6 Å². The van der Waals surface area contributed by atoms with Gasteiger partial charge in [0.1, 0.15) is 0 Å². The quantitative estimate of drug-likeness (QED) is 0.351. The number of benzene rings is 2. The van der Waals surface area contributed by atoms with Gasteiger partial charge in [0.25, 0.3) is 5.56 Å². The molecule has 0 spiro atoms. The fourth-order valence-corrected chi connectivity index (χ4v) is 4.35. The van der Waals surface area contributed by atoms with Gasteiger partial charge in [-0.25, -0.2) is 0 Å². The van der Waals surface area contributed by atoms with Gasteiger partial charge in [-0.3, -0.25) is 18.6 Å². The number of rotatable bonds is 7. The first kappa shape index (κ1) is 20.2. The van der Waals surface area contributed by atoms with Crippen LogP contribution in [0.5, 0.6) is 0 Å². The molecular formula is C21H19N5O2S2. The number of thioether (sulfide) groups is 2. The van der Waals surface area contributed by atoms with Gasteiger partial charge in [-0.05, 0) is 36.6 Å². The molecule has 0 saturated heterocycles. The second kappa shape index (κ2) is 8.76. The Morgan fingerprint density at radius 3 is 2.83 bits per heavy atom. The van der Waals surface area contributed by atoms with Crippen molar-refractivity contribution in [1.82, 2.24) is 19.2 Å². The van der Waals surface area contributed by atoms with E-state index in [2.05, 4.69) is 22.1 Å². The maximum absolute atomic E-state index is 12.8. The average molecular weight is 438 g/mol. The predicted molar refractivity (Wildman–Crippen MR) is 123 cm³/mol. The van der Waals surface area contributed by atoms with Crippen molar-refractivity contribution in [3.8, 4) is 0 Å². The fraction of sp³-hybridized carbons (Fsp3) is 0.143. The normalized spacial score (nSPS) is 11.1. The third-order valence-electron chi connectivity index (χ3n) is 4.48. The van der Waals surface area contributed by atoms with Crippen LogP contribution in [-0.2, 0) is 11.3 Å². The lowest BCUT2D eigenvalue weighted by Crippen LogP contribution is -2.22. The van der Waals surface area contributed by atoms with Crippen molar-refractivity contribution in [1.29, 1.82) is 0 Å². The monoisotopic (exact) mass is 437 g/mol. The molecule has 7 nitrogen and oxygen atoms in total. The van der Waals surface area contributed by atoms with Gasteiger partial charge in [0, 0.05) is 17.1 Å². The minimum atomic E-state index is -0.145. The first-order valence-corrected chi connectivity index (χ1v) is 11.4. The number of allylic oxidation sites excluding steroid dienone is 1. The Kier molecular flexibility index (Phi) is 5.91. The summed E-state index contributed by atoms with van der Waals surface area (Å²) in [4.78, 5) is 26.4. The second-order valence-electron chi connectivity index (χ2n) is 6.41. The zero-order chi connectivity index (χ0) is 21.1. The van der Waals surface area contributed by atoms with Crippen molar-refractivity contribution >= 4 is 51.8 Å². The van der Waals surface area contributed by atoms with E-state index >= 15 is 0 Å². The van der Waals surface area contributed by atoms with E-state index in [1.165, 1.54) is 16.3 Å². The Morgan fingerprint density at radius 1 is 1.20 bits per heavy atom. The van der Waals surface area contributed by atoms with Gasteiger partial charge in [-0.2, -0.15) is 0 Å². The molecule has 30 heavy (non-hydrogen) atoms. The van der Waals surface area contributed by atoms with Crippen molar-refractivity contribution in [3.63, 3.8) is 0 Å². The van der Waals surface area contributed by atoms with E-state index in [1.807, 2.05) is 53.1 Å². The summed E-state index contributed by atoms with van der Waals surface area (Å²) in [5, 5.41) is 12.5. The number of aromatic nitrogens is 4. The van der Waals surface area contributed by atoms with E-state index < -0.39 is 0 Å². The Balaban J connectivity index is 1.64. The first-order valence-electron chi connectivity index (χ1n) is 9.16. The molecule has 0 unspecified atom stereocenters. The van der Waals surface area contributed by atoms with Gasteiger partial charge < -0.3 is 5.32 Å². The predicted octanol–water partition coefficient (Wildman–Crippen LogP) is 3.68. The molecule has 4 rings (SSSR count). The Labute approximate surface area is 181 Å². The summed E-state index contributed by atoms with van der Waals surface area (Å²) in [6.07, 6.45) is 3.64. The van der Waals surface area contributed by atoms with E-state index in [9.17, 15) is 9.59 Å². The molecule has 1 amide bonds. The standard InChI is InChI=1S/C21H19N5O2S2/c1-3-11-25-19(28)16-9-4-5-10-17(16)26-20(25)23-24-21(26)30-13-18(27)22-14-7-6-8-15(12-14)29-2/h3-10,12H,1,11,13H2,2H3,(H,22,27). The van der Waals surface area contributed by atoms with Gasteiger partial charge in [0.2, 0.25) is 11.7 Å². The Hall–Kier alpha value is -3.04. The lowest BCUT2D eigenvalue weighted by molar-refractivity contribution is -0.113. The number of carbonyl (C=O) groups excluding carboxylic acids is 1. The van der Waals surface area contributed by atoms with Crippen LogP contribution in [0, 0.1) is 0 Å². The van der Waals surface area contributed by atoms with Crippen molar-refractivity contribution in [3.05, 3.63) is 71.5 Å². The SMILES string of the molecule is C=CCn1c(=O)c2ccccc2n2c(SCC(=O)Nc3cccc(SC)c3)nnc12. The summed E-state index contributed by atoms with van der Waals surface area (Å²) < 4.78 is 3.34. The number of carbonyl (C=O) groups is 1. The van der Waals surface area contributed by atoms with E-state index in [0.29, 0.717) is 28.4 Å². The zero-order valence-corrected chi connectivity index (χ0v) is 17.9. The van der Waals surface area contributed by atoms with Gasteiger partial charge in [0.05, 0.1) is 16.7 Å². The number of hydrogen-bond acceptors (Lipinski definition) is 6. The molecule has 2 heterocycles. The highest BCUT2D eigenvalue weighted by molar-refractivity contribution is 7.99. The minimum Gasteiger partial charge on any atom is -0.325 e. The molecule has 0 aliphatic heterocycles. The summed E-state index contributed by atoms with van der Waals surface area (Å²) in [7, 11) is 0. The van der Waals surface area contributed by atoms with Crippen LogP contribution < -0.4 is 10.9 Å². The number of fused-ring (bicyclic) bond motifs is 3. The van der Waals surface area contributed by atoms with Crippen LogP contribution in [0.2, 0.25) is 0 Å². The van der Waals surface area contributed by atoms with Crippen molar-refractivity contribution in [2.45, 2.75) is 16.6 Å². The maximum Gasteiger partial charge on any atom is 0.263 e. The number of anilines is 1. The molecule has 0 saturated carbocycles. The highest BCUT2D eigenvalue weighted by Gasteiger charge is 2.17. The van der Waals surface area contributed by atoms with Gasteiger partial charge in [-0.15, -0.1) is 28.5 Å². The van der Waals surface area contributed by atoms with Crippen molar-refractivity contribution < 1.29 is 4.79 Å². The molecule has 2 aromatic carbocycles. The highest BCUT2D eigenvalue weighted by atomic mass is 32.2. The number of nitrogens with zero attached hydrogens (tertiary/aromatic N) is 4. The molecule has 0 radical (unpaired) electrons. The van der Waals surface area contributed by atoms with Crippen LogP contribution in [-0.4, -0.2) is 37.1 Å². The summed E-state index contributed by atoms with van der Waals surface area (Å²) in [6, 6.07) is 15.0. The summed E-state index contributed by atoms with van der Waals surface area (Å²) in [5.74, 6) is 0.451. The molecule has 0 aliphatic rings. The van der Waals surface area contributed by atoms with Gasteiger partial charge in [-0.1, -0.05) is 36.0 Å².